The number of hydrogen-bond donors (Lipinski definition) is 3. The highest BCUT2D eigenvalue weighted by Gasteiger charge is 2.52. The number of aryl methyl sites for hydroxylation is 1. The monoisotopic (exact) mass is 511 g/mol. The SMILES string of the molecule is Cc1cc(OC2CCCC2)ccc1N1C(=O)NC2=C(C(=O)N[C@@H]3CCCN(C)C3)SC3NCCC1C23. The minimum Gasteiger partial charge on any atom is -0.490 e. The standard InChI is InChI=1S/C27H37N5O3S/c1-16-14-19(35-18-7-3-4-8-18)9-10-20(16)32-21-11-12-28-26-22(21)23(30-27(32)34)24(36-26)25(33)29-17-6-5-13-31(2)15-17/h9-10,14,17-18,21-22,26,28H,3-8,11-13,15H2,1-2H3,(H,29,33)(H,30,34)/t17-,21?,22?,26?/m1/s1. The van der Waals surface area contributed by atoms with Crippen molar-refractivity contribution in [3.8, 4) is 5.75 Å². The smallest absolute Gasteiger partial charge is 0.326 e. The van der Waals surface area contributed by atoms with Gasteiger partial charge in [0.05, 0.1) is 22.4 Å². The highest BCUT2D eigenvalue weighted by Crippen LogP contribution is 2.48. The maximum Gasteiger partial charge on any atom is 0.326 e. The summed E-state index contributed by atoms with van der Waals surface area (Å²) in [7, 11) is 2.10. The molecule has 0 spiro atoms. The molecule has 36 heavy (non-hydrogen) atoms. The molecule has 3 saturated heterocycles. The lowest BCUT2D eigenvalue weighted by molar-refractivity contribution is -0.117. The van der Waals surface area contributed by atoms with Crippen LogP contribution in [0.15, 0.2) is 28.8 Å². The molecule has 3 N–H and O–H groups in total. The van der Waals surface area contributed by atoms with Crippen molar-refractivity contribution in [1.82, 2.24) is 20.9 Å². The maximum atomic E-state index is 13.5. The molecule has 3 amide bonds. The third kappa shape index (κ3) is 4.50. The van der Waals surface area contributed by atoms with Crippen LogP contribution in [0.4, 0.5) is 10.5 Å². The number of amides is 3. The van der Waals surface area contributed by atoms with Crippen molar-refractivity contribution >= 4 is 29.4 Å². The van der Waals surface area contributed by atoms with Gasteiger partial charge in [-0.3, -0.25) is 9.69 Å². The molecule has 5 aliphatic rings. The summed E-state index contributed by atoms with van der Waals surface area (Å²) < 4.78 is 6.20. The Balaban J connectivity index is 1.23. The molecular formula is C27H37N5O3S. The molecule has 194 valence electrons. The van der Waals surface area contributed by atoms with Crippen molar-refractivity contribution in [3.05, 3.63) is 34.4 Å². The second-order valence-corrected chi connectivity index (χ2v) is 12.1. The zero-order valence-corrected chi connectivity index (χ0v) is 22.0. The summed E-state index contributed by atoms with van der Waals surface area (Å²) in [6.45, 7) is 4.81. The molecule has 0 bridgehead atoms. The molecule has 1 aromatic rings. The van der Waals surface area contributed by atoms with E-state index < -0.39 is 0 Å². The van der Waals surface area contributed by atoms with Crippen LogP contribution in [0.3, 0.4) is 0 Å². The number of nitrogens with zero attached hydrogens (tertiary/aromatic N) is 2. The highest BCUT2D eigenvalue weighted by atomic mass is 32.2. The number of likely N-dealkylation sites (tertiary alicyclic amines) is 1. The van der Waals surface area contributed by atoms with Gasteiger partial charge >= 0.3 is 6.03 Å². The van der Waals surface area contributed by atoms with Crippen LogP contribution in [-0.4, -0.2) is 67.1 Å². The molecule has 8 nitrogen and oxygen atoms in total. The van der Waals surface area contributed by atoms with Gasteiger partial charge in [-0.15, -0.1) is 0 Å². The number of nitrogens with one attached hydrogen (secondary N) is 3. The van der Waals surface area contributed by atoms with Gasteiger partial charge in [-0.1, -0.05) is 11.8 Å². The molecule has 4 fully saturated rings. The van der Waals surface area contributed by atoms with E-state index in [4.69, 9.17) is 4.74 Å². The van der Waals surface area contributed by atoms with Gasteiger partial charge in [0.15, 0.2) is 0 Å². The van der Waals surface area contributed by atoms with Gasteiger partial charge in [0.25, 0.3) is 5.91 Å². The van der Waals surface area contributed by atoms with Gasteiger partial charge in [-0.25, -0.2) is 4.79 Å². The summed E-state index contributed by atoms with van der Waals surface area (Å²) in [4.78, 5) is 31.7. The van der Waals surface area contributed by atoms with E-state index in [2.05, 4.69) is 40.9 Å². The summed E-state index contributed by atoms with van der Waals surface area (Å²) in [6.07, 6.45) is 7.95. The molecule has 3 unspecified atom stereocenters. The Bertz CT molecular complexity index is 1070. The van der Waals surface area contributed by atoms with E-state index in [0.29, 0.717) is 11.0 Å². The largest absolute Gasteiger partial charge is 0.490 e. The summed E-state index contributed by atoms with van der Waals surface area (Å²) >= 11 is 1.57. The van der Waals surface area contributed by atoms with E-state index in [-0.39, 0.29) is 35.3 Å². The van der Waals surface area contributed by atoms with E-state index in [0.717, 1.165) is 74.4 Å². The number of thioether (sulfide) groups is 1. The van der Waals surface area contributed by atoms with Gasteiger partial charge in [0, 0.05) is 29.9 Å². The van der Waals surface area contributed by atoms with Gasteiger partial charge in [0.1, 0.15) is 5.75 Å². The van der Waals surface area contributed by atoms with Crippen LogP contribution in [0.1, 0.15) is 50.5 Å². The van der Waals surface area contributed by atoms with Crippen LogP contribution in [0.5, 0.6) is 5.75 Å². The Morgan fingerprint density at radius 1 is 1.17 bits per heavy atom. The molecule has 4 heterocycles. The molecule has 6 rings (SSSR count). The first-order valence-corrected chi connectivity index (χ1v) is 14.4. The Morgan fingerprint density at radius 2 is 2.00 bits per heavy atom. The van der Waals surface area contributed by atoms with Crippen LogP contribution in [-0.2, 0) is 4.79 Å². The Morgan fingerprint density at radius 3 is 2.78 bits per heavy atom. The van der Waals surface area contributed by atoms with E-state index in [1.165, 1.54) is 12.8 Å². The minimum absolute atomic E-state index is 0.0129. The molecule has 0 aromatic heterocycles. The van der Waals surface area contributed by atoms with Crippen LogP contribution >= 0.6 is 11.8 Å². The molecule has 4 aliphatic heterocycles. The number of carbonyl (C=O) groups is 2. The third-order valence-corrected chi connectivity index (χ3v) is 9.69. The van der Waals surface area contributed by atoms with Gasteiger partial charge in [-0.2, -0.15) is 0 Å². The van der Waals surface area contributed by atoms with Crippen molar-refractivity contribution in [1.29, 1.82) is 0 Å². The van der Waals surface area contributed by atoms with Gasteiger partial charge < -0.3 is 25.6 Å². The number of ether oxygens (including phenoxy) is 1. The molecule has 4 atom stereocenters. The van der Waals surface area contributed by atoms with Crippen molar-refractivity contribution in [2.45, 2.75) is 75.4 Å². The first-order chi connectivity index (χ1) is 17.5. The lowest BCUT2D eigenvalue weighted by Crippen LogP contribution is -2.62. The molecule has 9 heteroatoms. The normalized spacial score (nSPS) is 30.8. The van der Waals surface area contributed by atoms with E-state index in [9.17, 15) is 9.59 Å². The van der Waals surface area contributed by atoms with Gasteiger partial charge in [-0.05, 0) is 95.8 Å². The van der Waals surface area contributed by atoms with Gasteiger partial charge in [0.2, 0.25) is 0 Å². The quantitative estimate of drug-likeness (QED) is 0.562. The summed E-state index contributed by atoms with van der Waals surface area (Å²) in [5.41, 5.74) is 2.75. The first kappa shape index (κ1) is 24.1. The van der Waals surface area contributed by atoms with Crippen molar-refractivity contribution in [3.63, 3.8) is 0 Å². The predicted octanol–water partition coefficient (Wildman–Crippen LogP) is 3.32. The van der Waals surface area contributed by atoms with Crippen LogP contribution < -0.4 is 25.6 Å². The fourth-order valence-electron chi connectivity index (χ4n) is 6.61. The number of benzene rings is 1. The summed E-state index contributed by atoms with van der Waals surface area (Å²) in [5, 5.41) is 10.1. The summed E-state index contributed by atoms with van der Waals surface area (Å²) in [6, 6.07) is 6.11. The molecule has 1 aliphatic carbocycles. The minimum atomic E-state index is -0.148. The number of likely N-dealkylation sites (N-methyl/N-ethyl adjacent to an activating group) is 1. The van der Waals surface area contributed by atoms with Crippen LogP contribution in [0.25, 0.3) is 0 Å². The second kappa shape index (κ2) is 9.91. The Kier molecular flexibility index (Phi) is 6.64. The lowest BCUT2D eigenvalue weighted by atomic mass is 9.86. The van der Waals surface area contributed by atoms with E-state index in [1.54, 1.807) is 11.8 Å². The first-order valence-electron chi connectivity index (χ1n) is 13.5. The molecule has 1 saturated carbocycles. The third-order valence-electron chi connectivity index (χ3n) is 8.34. The van der Waals surface area contributed by atoms with Crippen molar-refractivity contribution in [2.75, 3.05) is 31.6 Å². The lowest BCUT2D eigenvalue weighted by Gasteiger charge is -2.46. The van der Waals surface area contributed by atoms with E-state index in [1.807, 2.05) is 17.0 Å². The number of urea groups is 1. The number of anilines is 1. The number of piperidine rings is 2. The second-order valence-electron chi connectivity index (χ2n) is 11.0. The average molecular weight is 512 g/mol. The predicted molar refractivity (Wildman–Crippen MR) is 142 cm³/mol. The Labute approximate surface area is 217 Å². The zero-order chi connectivity index (χ0) is 24.8. The number of carbonyl (C=O) groups excluding carboxylic acids is 2. The topological polar surface area (TPSA) is 85.9 Å². The van der Waals surface area contributed by atoms with Crippen molar-refractivity contribution < 1.29 is 14.3 Å². The number of hydrogen-bond acceptors (Lipinski definition) is 6. The fourth-order valence-corrected chi connectivity index (χ4v) is 8.01. The van der Waals surface area contributed by atoms with E-state index >= 15 is 0 Å². The average Bonchev–Trinajstić information content (AvgIpc) is 3.49. The van der Waals surface area contributed by atoms with Crippen molar-refractivity contribution in [2.24, 2.45) is 5.92 Å². The summed E-state index contributed by atoms with van der Waals surface area (Å²) in [5.74, 6) is 0.890. The molecule has 0 radical (unpaired) electrons. The molecule has 1 aromatic carbocycles. The number of rotatable bonds is 5. The van der Waals surface area contributed by atoms with Crippen LogP contribution in [0, 0.1) is 12.8 Å². The Hall–Kier alpha value is -2.23. The maximum absolute atomic E-state index is 13.5. The van der Waals surface area contributed by atoms with Crippen LogP contribution in [0.2, 0.25) is 0 Å². The highest BCUT2D eigenvalue weighted by molar-refractivity contribution is 8.04. The fraction of sp³-hybridized carbons (Fsp3) is 0.630. The zero-order valence-electron chi connectivity index (χ0n) is 21.2. The molecular weight excluding hydrogens is 474 g/mol.